The van der Waals surface area contributed by atoms with Gasteiger partial charge in [-0.15, -0.1) is 0 Å². The number of ether oxygens (including phenoxy) is 3. The van der Waals surface area contributed by atoms with E-state index in [0.717, 1.165) is 27.5 Å². The number of benzene rings is 4. The van der Waals surface area contributed by atoms with E-state index in [1.807, 2.05) is 54.6 Å². The number of allylic oxidation sites excluding steroid dienone is 1. The highest BCUT2D eigenvalue weighted by Gasteiger charge is 2.34. The van der Waals surface area contributed by atoms with Gasteiger partial charge in [-0.1, -0.05) is 89.1 Å². The molecule has 0 fully saturated rings. The summed E-state index contributed by atoms with van der Waals surface area (Å²) in [6, 6.07) is 23.7. The molecule has 1 aromatic heterocycles. The van der Waals surface area contributed by atoms with Crippen molar-refractivity contribution >= 4 is 57.4 Å². The van der Waals surface area contributed by atoms with E-state index in [1.54, 1.807) is 55.9 Å². The molecule has 4 aromatic carbocycles. The fraction of sp³-hybridized carbons (Fsp3) is 0.171. The van der Waals surface area contributed by atoms with Gasteiger partial charge >= 0.3 is 5.97 Å². The predicted molar refractivity (Wildman–Crippen MR) is 178 cm³/mol. The van der Waals surface area contributed by atoms with Gasteiger partial charge in [0.05, 0.1) is 35.6 Å². The third-order valence-electron chi connectivity index (χ3n) is 7.52. The average molecular weight is 660 g/mol. The number of halogens is 2. The molecular weight excluding hydrogens is 631 g/mol. The zero-order chi connectivity index (χ0) is 31.7. The molecule has 0 saturated carbocycles. The van der Waals surface area contributed by atoms with Gasteiger partial charge in [0, 0.05) is 15.6 Å². The van der Waals surface area contributed by atoms with Crippen LogP contribution in [0.25, 0.3) is 16.8 Å². The molecule has 5 aromatic rings. The fourth-order valence-electron chi connectivity index (χ4n) is 5.41. The quantitative estimate of drug-likeness (QED) is 0.171. The molecule has 7 nitrogen and oxygen atoms in total. The van der Waals surface area contributed by atoms with Crippen molar-refractivity contribution in [2.45, 2.75) is 26.5 Å². The molecular formula is C35H28Cl2N2O5S. The fourth-order valence-corrected chi connectivity index (χ4v) is 6.92. The second kappa shape index (κ2) is 12.9. The second-order valence-electron chi connectivity index (χ2n) is 10.3. The summed E-state index contributed by atoms with van der Waals surface area (Å²) in [6.07, 6.45) is 1.79. The Morgan fingerprint density at radius 3 is 2.60 bits per heavy atom. The van der Waals surface area contributed by atoms with E-state index in [4.69, 9.17) is 42.4 Å². The van der Waals surface area contributed by atoms with Gasteiger partial charge in [-0.2, -0.15) is 0 Å². The zero-order valence-electron chi connectivity index (χ0n) is 24.7. The number of carbonyl (C=O) groups excluding carboxylic acids is 1. The van der Waals surface area contributed by atoms with Gasteiger partial charge in [-0.25, -0.2) is 9.79 Å². The Morgan fingerprint density at radius 1 is 1.02 bits per heavy atom. The Morgan fingerprint density at radius 2 is 1.82 bits per heavy atom. The van der Waals surface area contributed by atoms with Crippen molar-refractivity contribution in [1.29, 1.82) is 0 Å². The minimum absolute atomic E-state index is 0.205. The third-order valence-corrected chi connectivity index (χ3v) is 9.09. The molecule has 1 atom stereocenters. The van der Waals surface area contributed by atoms with Crippen LogP contribution >= 0.6 is 34.5 Å². The highest BCUT2D eigenvalue weighted by Crippen LogP contribution is 2.35. The lowest BCUT2D eigenvalue weighted by molar-refractivity contribution is -0.139. The highest BCUT2D eigenvalue weighted by molar-refractivity contribution is 7.07. The zero-order valence-corrected chi connectivity index (χ0v) is 27.0. The molecule has 0 N–H and O–H groups in total. The Hall–Kier alpha value is -4.37. The highest BCUT2D eigenvalue weighted by atomic mass is 35.5. The average Bonchev–Trinajstić information content (AvgIpc) is 3.33. The van der Waals surface area contributed by atoms with Crippen molar-refractivity contribution in [1.82, 2.24) is 4.57 Å². The van der Waals surface area contributed by atoms with Crippen molar-refractivity contribution in [3.8, 4) is 11.5 Å². The summed E-state index contributed by atoms with van der Waals surface area (Å²) < 4.78 is 19.1. The van der Waals surface area contributed by atoms with Crippen LogP contribution in [0.1, 0.15) is 36.6 Å². The maximum absolute atomic E-state index is 14.1. The van der Waals surface area contributed by atoms with Crippen molar-refractivity contribution in [2.75, 3.05) is 13.7 Å². The van der Waals surface area contributed by atoms with Crippen LogP contribution in [0.3, 0.4) is 0 Å². The number of esters is 1. The Labute approximate surface area is 273 Å². The molecule has 0 aliphatic carbocycles. The standard InChI is InChI=1S/C35H28Cl2N2O5S/c1-4-43-34(41)31-20(2)38-35-39(32(31)26-11-7-9-22-8-5-6-10-25(22)26)33(40)30(45-35)17-21-12-15-28(29(16-21)42-3)44-19-23-13-14-24(36)18-27(23)37/h5-18,32H,4,19H2,1-3H3/b30-17+/t32-/m1/s1. The number of hydrogen-bond acceptors (Lipinski definition) is 7. The summed E-state index contributed by atoms with van der Waals surface area (Å²) in [5.41, 5.74) is 2.94. The maximum Gasteiger partial charge on any atom is 0.338 e. The van der Waals surface area contributed by atoms with Gasteiger partial charge in [0.1, 0.15) is 6.61 Å². The number of thiazole rings is 1. The van der Waals surface area contributed by atoms with E-state index in [9.17, 15) is 9.59 Å². The van der Waals surface area contributed by atoms with Crippen LogP contribution in [-0.4, -0.2) is 24.3 Å². The Kier molecular flexibility index (Phi) is 8.81. The molecule has 2 heterocycles. The summed E-state index contributed by atoms with van der Waals surface area (Å²) >= 11 is 13.6. The maximum atomic E-state index is 14.1. The van der Waals surface area contributed by atoms with E-state index in [2.05, 4.69) is 0 Å². The van der Waals surface area contributed by atoms with Gasteiger partial charge in [-0.3, -0.25) is 9.36 Å². The smallest absolute Gasteiger partial charge is 0.338 e. The summed E-state index contributed by atoms with van der Waals surface area (Å²) in [4.78, 5) is 32.7. The topological polar surface area (TPSA) is 79.1 Å². The van der Waals surface area contributed by atoms with Gasteiger partial charge < -0.3 is 14.2 Å². The predicted octanol–water partition coefficient (Wildman–Crippen LogP) is 6.85. The van der Waals surface area contributed by atoms with E-state index < -0.39 is 12.0 Å². The molecule has 1 aliphatic rings. The van der Waals surface area contributed by atoms with Crippen LogP contribution in [0.2, 0.25) is 10.0 Å². The molecule has 228 valence electrons. The summed E-state index contributed by atoms with van der Waals surface area (Å²) in [5, 5.41) is 3.00. The summed E-state index contributed by atoms with van der Waals surface area (Å²) in [5.74, 6) is 0.523. The third kappa shape index (κ3) is 6.01. The largest absolute Gasteiger partial charge is 0.493 e. The van der Waals surface area contributed by atoms with Crippen LogP contribution in [0.15, 0.2) is 99.9 Å². The SMILES string of the molecule is CCOC(=O)C1=C(C)N=c2s/c(=C/c3ccc(OCc4ccc(Cl)cc4Cl)c(OC)c3)c(=O)n2[C@@H]1c1cccc2ccccc12. The molecule has 0 unspecified atom stereocenters. The molecule has 0 saturated heterocycles. The minimum Gasteiger partial charge on any atom is -0.493 e. The lowest BCUT2D eigenvalue weighted by Crippen LogP contribution is -2.40. The number of carbonyl (C=O) groups is 1. The van der Waals surface area contributed by atoms with Crippen molar-refractivity contribution in [3.05, 3.63) is 137 Å². The summed E-state index contributed by atoms with van der Waals surface area (Å²) in [6.45, 7) is 3.97. The first kappa shape index (κ1) is 30.6. The monoisotopic (exact) mass is 658 g/mol. The van der Waals surface area contributed by atoms with Gasteiger partial charge in [0.15, 0.2) is 16.3 Å². The summed E-state index contributed by atoms with van der Waals surface area (Å²) in [7, 11) is 1.55. The van der Waals surface area contributed by atoms with Crippen LogP contribution in [0.4, 0.5) is 0 Å². The first-order valence-corrected chi connectivity index (χ1v) is 15.8. The number of methoxy groups -OCH3 is 1. The minimum atomic E-state index is -0.710. The van der Waals surface area contributed by atoms with E-state index in [-0.39, 0.29) is 18.8 Å². The van der Waals surface area contributed by atoms with E-state index in [1.165, 1.54) is 11.3 Å². The van der Waals surface area contributed by atoms with Crippen LogP contribution < -0.4 is 24.4 Å². The molecule has 1 aliphatic heterocycles. The molecule has 0 radical (unpaired) electrons. The number of nitrogens with zero attached hydrogens (tertiary/aromatic N) is 2. The lowest BCUT2D eigenvalue weighted by atomic mass is 9.91. The number of hydrogen-bond donors (Lipinski definition) is 0. The molecule has 10 heteroatoms. The second-order valence-corrected chi connectivity index (χ2v) is 12.2. The first-order valence-electron chi connectivity index (χ1n) is 14.2. The number of rotatable bonds is 8. The number of aromatic nitrogens is 1. The lowest BCUT2D eigenvalue weighted by Gasteiger charge is -2.25. The van der Waals surface area contributed by atoms with E-state index in [0.29, 0.717) is 42.1 Å². The molecule has 0 spiro atoms. The Balaban J connectivity index is 1.42. The van der Waals surface area contributed by atoms with Crippen LogP contribution in [0.5, 0.6) is 11.5 Å². The van der Waals surface area contributed by atoms with Crippen molar-refractivity contribution in [3.63, 3.8) is 0 Å². The van der Waals surface area contributed by atoms with Crippen molar-refractivity contribution in [2.24, 2.45) is 4.99 Å². The molecule has 0 amide bonds. The molecule has 45 heavy (non-hydrogen) atoms. The van der Waals surface area contributed by atoms with Gasteiger partial charge in [0.25, 0.3) is 5.56 Å². The Bertz CT molecular complexity index is 2160. The van der Waals surface area contributed by atoms with Gasteiger partial charge in [-0.05, 0) is 66.1 Å². The van der Waals surface area contributed by atoms with Gasteiger partial charge in [0.2, 0.25) is 0 Å². The molecule has 0 bridgehead atoms. The van der Waals surface area contributed by atoms with Crippen molar-refractivity contribution < 1.29 is 19.0 Å². The number of fused-ring (bicyclic) bond motifs is 2. The first-order chi connectivity index (χ1) is 21.8. The van der Waals surface area contributed by atoms with E-state index >= 15 is 0 Å². The molecule has 6 rings (SSSR count). The van der Waals surface area contributed by atoms with Crippen LogP contribution in [0, 0.1) is 0 Å². The van der Waals surface area contributed by atoms with Crippen LogP contribution in [-0.2, 0) is 16.1 Å². The normalized spacial score (nSPS) is 14.7.